The number of carbonyl (C=O) groups excluding carboxylic acids is 2. The highest BCUT2D eigenvalue weighted by molar-refractivity contribution is 7.99. The molecule has 0 aromatic heterocycles. The van der Waals surface area contributed by atoms with E-state index in [1.54, 1.807) is 23.9 Å². The maximum Gasteiger partial charge on any atom is 0.270 e. The highest BCUT2D eigenvalue weighted by atomic mass is 32.2. The summed E-state index contributed by atoms with van der Waals surface area (Å²) in [4.78, 5) is 24.5. The third kappa shape index (κ3) is 6.72. The van der Waals surface area contributed by atoms with Crippen LogP contribution in [0.3, 0.4) is 0 Å². The third-order valence-electron chi connectivity index (χ3n) is 3.27. The molecule has 0 aliphatic rings. The second kappa shape index (κ2) is 9.93. The van der Waals surface area contributed by atoms with E-state index < -0.39 is 24.0 Å². The number of aryl methyl sites for hydroxylation is 1. The minimum absolute atomic E-state index is 0.339. The van der Waals surface area contributed by atoms with Crippen LogP contribution >= 0.6 is 24.4 Å². The zero-order chi connectivity index (χ0) is 18.3. The van der Waals surface area contributed by atoms with Crippen LogP contribution in [0.15, 0.2) is 23.1 Å². The van der Waals surface area contributed by atoms with Crippen molar-refractivity contribution in [1.29, 1.82) is 0 Å². The molecule has 134 valence electrons. The van der Waals surface area contributed by atoms with Gasteiger partial charge in [0.25, 0.3) is 11.8 Å². The highest BCUT2D eigenvalue weighted by Crippen LogP contribution is 2.15. The first-order valence-electron chi connectivity index (χ1n) is 7.67. The predicted molar refractivity (Wildman–Crippen MR) is 100 cm³/mol. The number of carbonyl (C=O) groups is 2. The Morgan fingerprint density at radius 1 is 1.33 bits per heavy atom. The topological polar surface area (TPSA) is 104 Å². The van der Waals surface area contributed by atoms with Crippen molar-refractivity contribution in [2.75, 3.05) is 5.75 Å². The van der Waals surface area contributed by atoms with Gasteiger partial charge in [-0.3, -0.25) is 20.4 Å². The van der Waals surface area contributed by atoms with Crippen LogP contribution in [0.1, 0.15) is 36.2 Å². The van der Waals surface area contributed by atoms with Gasteiger partial charge in [0.15, 0.2) is 0 Å². The first-order valence-corrected chi connectivity index (χ1v) is 9.17. The van der Waals surface area contributed by atoms with Crippen LogP contribution in [0.2, 0.25) is 0 Å². The fourth-order valence-corrected chi connectivity index (χ4v) is 3.00. The molecule has 0 fully saturated rings. The highest BCUT2D eigenvalue weighted by Gasteiger charge is 2.23. The van der Waals surface area contributed by atoms with E-state index in [0.29, 0.717) is 22.1 Å². The lowest BCUT2D eigenvalue weighted by Crippen LogP contribution is -2.52. The standard InChI is InChI=1S/C16H25N3O3S2/c1-9(2)24-7-6-12(17)14(20)16(22)19-18-15(21)11-8-10(3)4-5-13(11)23/h4-5,8-9,12,14,20,23H,6-7,17H2,1-3H3,(H,18,21)(H,19,22)/t12-,14?/m1/s1. The van der Waals surface area contributed by atoms with Crippen LogP contribution in [0.4, 0.5) is 0 Å². The lowest BCUT2D eigenvalue weighted by Gasteiger charge is -2.19. The van der Waals surface area contributed by atoms with Crippen molar-refractivity contribution in [2.24, 2.45) is 5.73 Å². The van der Waals surface area contributed by atoms with Gasteiger partial charge in [-0.15, -0.1) is 12.6 Å². The molecule has 8 heteroatoms. The van der Waals surface area contributed by atoms with Crippen molar-refractivity contribution in [2.45, 2.75) is 49.5 Å². The van der Waals surface area contributed by atoms with Gasteiger partial charge in [0.1, 0.15) is 6.10 Å². The average Bonchev–Trinajstić information content (AvgIpc) is 2.53. The SMILES string of the molecule is Cc1ccc(S)c(C(=O)NNC(=O)C(O)[C@H](N)CCSC(C)C)c1. The number of amides is 2. The summed E-state index contributed by atoms with van der Waals surface area (Å²) in [6.07, 6.45) is -0.879. The van der Waals surface area contributed by atoms with Gasteiger partial charge >= 0.3 is 0 Å². The van der Waals surface area contributed by atoms with Crippen molar-refractivity contribution < 1.29 is 14.7 Å². The third-order valence-corrected chi connectivity index (χ3v) is 4.80. The number of hydrazine groups is 1. The van der Waals surface area contributed by atoms with Gasteiger partial charge in [-0.1, -0.05) is 25.5 Å². The van der Waals surface area contributed by atoms with E-state index in [9.17, 15) is 14.7 Å². The Morgan fingerprint density at radius 2 is 2.00 bits per heavy atom. The summed E-state index contributed by atoms with van der Waals surface area (Å²) in [6, 6.07) is 4.50. The van der Waals surface area contributed by atoms with E-state index in [0.717, 1.165) is 11.3 Å². The smallest absolute Gasteiger partial charge is 0.270 e. The summed E-state index contributed by atoms with van der Waals surface area (Å²) in [5, 5.41) is 10.4. The Balaban J connectivity index is 2.49. The van der Waals surface area contributed by atoms with E-state index >= 15 is 0 Å². The molecule has 1 aromatic carbocycles. The van der Waals surface area contributed by atoms with E-state index in [2.05, 4.69) is 37.3 Å². The molecule has 1 rings (SSSR count). The maximum atomic E-state index is 12.1. The minimum Gasteiger partial charge on any atom is -0.382 e. The summed E-state index contributed by atoms with van der Waals surface area (Å²) in [5.74, 6) is -0.492. The molecule has 0 saturated heterocycles. The molecule has 1 unspecified atom stereocenters. The number of aliphatic hydroxyl groups is 1. The Bertz CT molecular complexity index is 582. The van der Waals surface area contributed by atoms with Gasteiger partial charge in [0.05, 0.1) is 5.56 Å². The monoisotopic (exact) mass is 371 g/mol. The minimum atomic E-state index is -1.38. The molecule has 5 N–H and O–H groups in total. The molecular weight excluding hydrogens is 346 g/mol. The van der Waals surface area contributed by atoms with Gasteiger partial charge in [0.2, 0.25) is 0 Å². The molecule has 24 heavy (non-hydrogen) atoms. The molecule has 6 nitrogen and oxygen atoms in total. The molecule has 0 radical (unpaired) electrons. The lowest BCUT2D eigenvalue weighted by molar-refractivity contribution is -0.131. The summed E-state index contributed by atoms with van der Waals surface area (Å²) in [6.45, 7) is 5.98. The van der Waals surface area contributed by atoms with E-state index in [4.69, 9.17) is 5.73 Å². The predicted octanol–water partition coefficient (Wildman–Crippen LogP) is 1.26. The van der Waals surface area contributed by atoms with E-state index in [1.807, 2.05) is 13.0 Å². The van der Waals surface area contributed by atoms with Crippen LogP contribution in [0.25, 0.3) is 0 Å². The maximum absolute atomic E-state index is 12.1. The van der Waals surface area contributed by atoms with Crippen molar-refractivity contribution in [3.05, 3.63) is 29.3 Å². The fourth-order valence-electron chi connectivity index (χ4n) is 1.88. The van der Waals surface area contributed by atoms with Gasteiger partial charge in [-0.2, -0.15) is 11.8 Å². The van der Waals surface area contributed by atoms with Crippen molar-refractivity contribution >= 4 is 36.2 Å². The van der Waals surface area contributed by atoms with E-state index in [1.165, 1.54) is 0 Å². The summed E-state index contributed by atoms with van der Waals surface area (Å²) < 4.78 is 0. The van der Waals surface area contributed by atoms with Crippen molar-refractivity contribution in [3.8, 4) is 0 Å². The molecule has 0 spiro atoms. The number of benzene rings is 1. The number of nitrogens with one attached hydrogen (secondary N) is 2. The van der Waals surface area contributed by atoms with Crippen LogP contribution in [-0.4, -0.2) is 40.1 Å². The van der Waals surface area contributed by atoms with Crippen LogP contribution in [0.5, 0.6) is 0 Å². The summed E-state index contributed by atoms with van der Waals surface area (Å²) in [7, 11) is 0. The normalized spacial score (nSPS) is 13.5. The quantitative estimate of drug-likeness (QED) is 0.367. The van der Waals surface area contributed by atoms with Crippen LogP contribution in [-0.2, 0) is 4.79 Å². The molecule has 1 aromatic rings. The second-order valence-corrected chi connectivity index (χ2v) is 7.95. The zero-order valence-electron chi connectivity index (χ0n) is 14.1. The van der Waals surface area contributed by atoms with E-state index in [-0.39, 0.29) is 0 Å². The first kappa shape index (κ1) is 20.8. The number of hydrogen-bond donors (Lipinski definition) is 5. The van der Waals surface area contributed by atoms with Gasteiger partial charge < -0.3 is 10.8 Å². The number of rotatable bonds is 7. The Hall–Kier alpha value is -1.22. The van der Waals surface area contributed by atoms with Gasteiger partial charge in [-0.25, -0.2) is 0 Å². The Labute approximate surface area is 152 Å². The number of nitrogens with two attached hydrogens (primary N) is 1. The molecule has 2 amide bonds. The molecule has 0 saturated carbocycles. The lowest BCUT2D eigenvalue weighted by atomic mass is 10.1. The Kier molecular flexibility index (Phi) is 8.61. The van der Waals surface area contributed by atoms with Crippen molar-refractivity contribution in [3.63, 3.8) is 0 Å². The number of aliphatic hydroxyl groups excluding tert-OH is 1. The molecule has 0 bridgehead atoms. The molecule has 0 heterocycles. The zero-order valence-corrected chi connectivity index (χ0v) is 15.8. The molecule has 0 aliphatic heterocycles. The average molecular weight is 372 g/mol. The van der Waals surface area contributed by atoms with Crippen LogP contribution in [0, 0.1) is 6.92 Å². The Morgan fingerprint density at radius 3 is 2.62 bits per heavy atom. The molecule has 2 atom stereocenters. The van der Waals surface area contributed by atoms with Gasteiger partial charge in [0, 0.05) is 10.9 Å². The van der Waals surface area contributed by atoms with Gasteiger partial charge in [-0.05, 0) is 36.5 Å². The number of hydrogen-bond acceptors (Lipinski definition) is 6. The van der Waals surface area contributed by atoms with Crippen molar-refractivity contribution in [1.82, 2.24) is 10.9 Å². The fraction of sp³-hybridized carbons (Fsp3) is 0.500. The first-order chi connectivity index (χ1) is 11.2. The van der Waals surface area contributed by atoms with Crippen LogP contribution < -0.4 is 16.6 Å². The number of thiol groups is 1. The molecule has 0 aliphatic carbocycles. The largest absolute Gasteiger partial charge is 0.382 e. The second-order valence-electron chi connectivity index (χ2n) is 5.78. The summed E-state index contributed by atoms with van der Waals surface area (Å²) >= 11 is 5.92. The number of thioether (sulfide) groups is 1. The summed E-state index contributed by atoms with van der Waals surface area (Å²) in [5.41, 5.74) is 11.5. The molecular formula is C16H25N3O3S2.